The number of carbonyl (C=O) groups excluding carboxylic acids is 1. The van der Waals surface area contributed by atoms with Crippen molar-refractivity contribution in [3.05, 3.63) is 87.5 Å². The molecule has 1 heterocycles. The van der Waals surface area contributed by atoms with E-state index in [1.807, 2.05) is 18.2 Å². The molecular formula is C31H36Cl2N4O3. The third-order valence-electron chi connectivity index (χ3n) is 8.37. The molecule has 7 nitrogen and oxygen atoms in total. The fraction of sp³-hybridized carbons (Fsp3) is 0.387. The van der Waals surface area contributed by atoms with Gasteiger partial charge in [-0.1, -0.05) is 72.4 Å². The monoisotopic (exact) mass is 582 g/mol. The first-order valence-electron chi connectivity index (χ1n) is 14.0. The number of benzene rings is 3. The Hall–Kier alpha value is -2.65. The van der Waals surface area contributed by atoms with Crippen molar-refractivity contribution in [3.63, 3.8) is 0 Å². The zero-order valence-electron chi connectivity index (χ0n) is 22.4. The lowest BCUT2D eigenvalue weighted by atomic mass is 9.79. The quantitative estimate of drug-likeness (QED) is 0.224. The Bertz CT molecular complexity index is 1270. The summed E-state index contributed by atoms with van der Waals surface area (Å²) in [6, 6.07) is 20.7. The van der Waals surface area contributed by atoms with Crippen molar-refractivity contribution in [1.82, 2.24) is 10.2 Å². The van der Waals surface area contributed by atoms with Gasteiger partial charge in [0.2, 0.25) is 0 Å². The summed E-state index contributed by atoms with van der Waals surface area (Å²) in [6.45, 7) is 2.69. The number of quaternary nitrogens is 1. The second-order valence-electron chi connectivity index (χ2n) is 10.9. The molecule has 1 saturated carbocycles. The zero-order valence-corrected chi connectivity index (χ0v) is 23.9. The van der Waals surface area contributed by atoms with Gasteiger partial charge in [0.1, 0.15) is 0 Å². The molecule has 2 unspecified atom stereocenters. The van der Waals surface area contributed by atoms with Gasteiger partial charge in [0.05, 0.1) is 0 Å². The smallest absolute Gasteiger partial charge is 0.319 e. The van der Waals surface area contributed by atoms with Gasteiger partial charge in [-0.2, -0.15) is 5.23 Å². The van der Waals surface area contributed by atoms with Crippen LogP contribution >= 0.6 is 23.2 Å². The molecule has 1 saturated heterocycles. The summed E-state index contributed by atoms with van der Waals surface area (Å²) in [7, 11) is 0. The number of hydrogen-bond acceptors (Lipinski definition) is 4. The van der Waals surface area contributed by atoms with Crippen LogP contribution in [0.15, 0.2) is 66.7 Å². The number of anilines is 1. The Morgan fingerprint density at radius 1 is 0.950 bits per heavy atom. The van der Waals surface area contributed by atoms with E-state index in [2.05, 4.69) is 27.7 Å². The normalized spacial score (nSPS) is 18.4. The lowest BCUT2D eigenvalue weighted by molar-refractivity contribution is -0.991. The number of rotatable bonds is 8. The van der Waals surface area contributed by atoms with E-state index in [9.17, 15) is 15.2 Å². The summed E-state index contributed by atoms with van der Waals surface area (Å²) in [5.41, 5.74) is 3.81. The van der Waals surface area contributed by atoms with Gasteiger partial charge in [-0.3, -0.25) is 0 Å². The van der Waals surface area contributed by atoms with E-state index < -0.39 is 5.23 Å². The fourth-order valence-corrected chi connectivity index (χ4v) is 6.80. The van der Waals surface area contributed by atoms with Crippen LogP contribution in [0.4, 0.5) is 16.2 Å². The number of halogens is 2. The molecule has 0 aromatic heterocycles. The maximum Gasteiger partial charge on any atom is 0.319 e. The molecule has 2 amide bonds. The molecule has 0 spiro atoms. The number of hydrogen-bond donors (Lipinski definition) is 4. The third-order valence-corrected chi connectivity index (χ3v) is 8.81. The van der Waals surface area contributed by atoms with Gasteiger partial charge < -0.3 is 20.7 Å². The summed E-state index contributed by atoms with van der Waals surface area (Å²) in [4.78, 5) is 15.5. The minimum atomic E-state index is -0.938. The van der Waals surface area contributed by atoms with Gasteiger partial charge in [-0.25, -0.2) is 10.0 Å². The number of likely N-dealkylation sites (tertiary alicyclic amines) is 1. The van der Waals surface area contributed by atoms with Crippen LogP contribution in [0.1, 0.15) is 50.0 Å². The summed E-state index contributed by atoms with van der Waals surface area (Å²) >= 11 is 12.2. The maximum absolute atomic E-state index is 12.8. The molecule has 0 bridgehead atoms. The molecule has 0 radical (unpaired) electrons. The van der Waals surface area contributed by atoms with E-state index in [4.69, 9.17) is 23.2 Å². The second-order valence-corrected chi connectivity index (χ2v) is 11.8. The van der Waals surface area contributed by atoms with Crippen LogP contribution in [0.25, 0.3) is 11.1 Å². The predicted molar refractivity (Wildman–Crippen MR) is 160 cm³/mol. The van der Waals surface area contributed by atoms with Crippen LogP contribution < -0.4 is 15.9 Å². The standard InChI is InChI=1S/C31H36Cl2N4O3/c32-25-17-26(33)19-27(18-25)35-31(38)34-20-30(23-12-14-36(15-13-23)28-5-1-2-6-28)22-10-8-21(9-11-22)24-4-3-7-29(16-24)37(39)40/h3-4,7-11,16-19,23,28,30,37,39H,1-2,5-6,12-15,20H2,(H2,34,35,38). The average molecular weight is 584 g/mol. The van der Waals surface area contributed by atoms with Crippen molar-refractivity contribution in [3.8, 4) is 11.1 Å². The molecule has 212 valence electrons. The van der Waals surface area contributed by atoms with Crippen molar-refractivity contribution in [2.45, 2.75) is 50.5 Å². The zero-order chi connectivity index (χ0) is 28.1. The maximum atomic E-state index is 12.8. The molecule has 2 atom stereocenters. The van der Waals surface area contributed by atoms with Crippen molar-refractivity contribution in [1.29, 1.82) is 0 Å². The van der Waals surface area contributed by atoms with Crippen LogP contribution in [0.5, 0.6) is 0 Å². The number of urea groups is 1. The molecule has 1 aliphatic carbocycles. The average Bonchev–Trinajstić information content (AvgIpc) is 3.49. The van der Waals surface area contributed by atoms with Crippen LogP contribution in [0, 0.1) is 11.1 Å². The summed E-state index contributed by atoms with van der Waals surface area (Å²) < 4.78 is 0. The Morgan fingerprint density at radius 3 is 2.27 bits per heavy atom. The first-order chi connectivity index (χ1) is 19.4. The van der Waals surface area contributed by atoms with Gasteiger partial charge in [0, 0.05) is 46.4 Å². The van der Waals surface area contributed by atoms with Crippen molar-refractivity contribution in [2.75, 3.05) is 25.0 Å². The largest absolute Gasteiger partial charge is 0.595 e. The van der Waals surface area contributed by atoms with Crippen molar-refractivity contribution >= 4 is 40.6 Å². The Morgan fingerprint density at radius 2 is 1.62 bits per heavy atom. The van der Waals surface area contributed by atoms with Gasteiger partial charge in [-0.15, -0.1) is 0 Å². The number of carbonyl (C=O) groups is 1. The molecule has 2 aliphatic rings. The van der Waals surface area contributed by atoms with Crippen LogP contribution in [0.3, 0.4) is 0 Å². The van der Waals surface area contributed by atoms with Gasteiger partial charge >= 0.3 is 6.03 Å². The highest BCUT2D eigenvalue weighted by Gasteiger charge is 2.31. The van der Waals surface area contributed by atoms with Gasteiger partial charge in [0.15, 0.2) is 5.69 Å². The summed E-state index contributed by atoms with van der Waals surface area (Å²) in [5, 5.41) is 26.7. The minimum Gasteiger partial charge on any atom is -0.595 e. The molecular weight excluding hydrogens is 547 g/mol. The second kappa shape index (κ2) is 13.3. The third kappa shape index (κ3) is 7.35. The van der Waals surface area contributed by atoms with Crippen molar-refractivity contribution in [2.24, 2.45) is 5.92 Å². The highest BCUT2D eigenvalue weighted by molar-refractivity contribution is 6.35. The SMILES string of the molecule is O=C(NCC(c1ccc(-c2cccc([NH+]([O-])O)c2)cc1)C1CCN(C2CCCC2)CC1)Nc1cc(Cl)cc(Cl)c1. The topological polar surface area (TPSA) is 92.1 Å². The highest BCUT2D eigenvalue weighted by atomic mass is 35.5. The summed E-state index contributed by atoms with van der Waals surface area (Å²) in [5.74, 6) is 0.596. The fourth-order valence-electron chi connectivity index (χ4n) is 6.27. The molecule has 3 aromatic rings. The number of amides is 2. The number of piperidine rings is 1. The van der Waals surface area contributed by atoms with E-state index in [0.29, 0.717) is 28.2 Å². The molecule has 3 aromatic carbocycles. The Labute approximate surface area is 245 Å². The number of nitrogens with one attached hydrogen (secondary N) is 3. The van der Waals surface area contributed by atoms with E-state index >= 15 is 0 Å². The van der Waals surface area contributed by atoms with Gasteiger partial charge in [0.25, 0.3) is 0 Å². The molecule has 4 N–H and O–H groups in total. The van der Waals surface area contributed by atoms with Crippen LogP contribution in [-0.2, 0) is 0 Å². The van der Waals surface area contributed by atoms with Crippen LogP contribution in [0.2, 0.25) is 10.0 Å². The highest BCUT2D eigenvalue weighted by Crippen LogP contribution is 2.36. The molecule has 1 aliphatic heterocycles. The van der Waals surface area contributed by atoms with Crippen LogP contribution in [-0.4, -0.2) is 41.8 Å². The lowest BCUT2D eigenvalue weighted by Gasteiger charge is -2.39. The minimum absolute atomic E-state index is 0.152. The van der Waals surface area contributed by atoms with Gasteiger partial charge in [-0.05, 0) is 79.6 Å². The van der Waals surface area contributed by atoms with E-state index in [1.54, 1.807) is 36.4 Å². The first kappa shape index (κ1) is 28.9. The lowest BCUT2D eigenvalue weighted by Crippen LogP contribution is -2.99. The summed E-state index contributed by atoms with van der Waals surface area (Å²) in [6.07, 6.45) is 7.49. The predicted octanol–water partition coefficient (Wildman–Crippen LogP) is 6.62. The Kier molecular flexibility index (Phi) is 9.63. The number of nitrogens with zero attached hydrogens (tertiary/aromatic N) is 1. The van der Waals surface area contributed by atoms with E-state index in [-0.39, 0.29) is 17.6 Å². The Balaban J connectivity index is 1.30. The van der Waals surface area contributed by atoms with E-state index in [1.165, 1.54) is 31.2 Å². The molecule has 5 rings (SSSR count). The van der Waals surface area contributed by atoms with Crippen molar-refractivity contribution < 1.29 is 15.2 Å². The first-order valence-corrected chi connectivity index (χ1v) is 14.8. The molecule has 2 fully saturated rings. The van der Waals surface area contributed by atoms with E-state index in [0.717, 1.165) is 43.1 Å². The molecule has 40 heavy (non-hydrogen) atoms. The molecule has 9 heteroatoms.